The molecule has 2 aliphatic heterocycles. The second-order valence-corrected chi connectivity index (χ2v) is 11.1. The minimum absolute atomic E-state index is 0.0148. The predicted molar refractivity (Wildman–Crippen MR) is 143 cm³/mol. The number of para-hydroxylation sites is 2. The Hall–Kier alpha value is -2.58. The van der Waals surface area contributed by atoms with E-state index in [1.54, 1.807) is 23.3 Å². The van der Waals surface area contributed by atoms with Crippen LogP contribution in [0.15, 0.2) is 35.7 Å². The van der Waals surface area contributed by atoms with Crippen molar-refractivity contribution in [3.05, 3.63) is 46.2 Å². The van der Waals surface area contributed by atoms with Crippen LogP contribution < -0.4 is 9.47 Å². The zero-order valence-electron chi connectivity index (χ0n) is 21.8. The summed E-state index contributed by atoms with van der Waals surface area (Å²) in [4.78, 5) is 34.2. The number of thiophene rings is 1. The Balaban J connectivity index is 1.48. The van der Waals surface area contributed by atoms with Gasteiger partial charge in [0.25, 0.3) is 0 Å². The Morgan fingerprint density at radius 1 is 1.11 bits per heavy atom. The minimum atomic E-state index is -0.196. The first-order valence-corrected chi connectivity index (χ1v) is 14.0. The van der Waals surface area contributed by atoms with Crippen LogP contribution in [-0.4, -0.2) is 79.5 Å². The van der Waals surface area contributed by atoms with Crippen LogP contribution in [0.25, 0.3) is 0 Å². The predicted octanol–water partition coefficient (Wildman–Crippen LogP) is 4.23. The van der Waals surface area contributed by atoms with Crippen molar-refractivity contribution in [2.45, 2.75) is 45.6 Å². The molecule has 4 rings (SSSR count). The second-order valence-electron chi connectivity index (χ2n) is 10.1. The van der Waals surface area contributed by atoms with Crippen molar-refractivity contribution in [3.63, 3.8) is 0 Å². The molecule has 0 radical (unpaired) electrons. The zero-order valence-corrected chi connectivity index (χ0v) is 22.6. The number of carbonyl (C=O) groups excluding carboxylic acids is 2. The summed E-state index contributed by atoms with van der Waals surface area (Å²) >= 11 is 1.73. The van der Waals surface area contributed by atoms with Crippen molar-refractivity contribution < 1.29 is 19.1 Å². The molecule has 7 nitrogen and oxygen atoms in total. The lowest BCUT2D eigenvalue weighted by Crippen LogP contribution is -2.49. The summed E-state index contributed by atoms with van der Waals surface area (Å²) in [6, 6.07) is 9.48. The van der Waals surface area contributed by atoms with Gasteiger partial charge in [0.2, 0.25) is 11.8 Å². The van der Waals surface area contributed by atoms with Crippen LogP contribution >= 0.6 is 11.3 Å². The Labute approximate surface area is 219 Å². The summed E-state index contributed by atoms with van der Waals surface area (Å²) in [6.07, 6.45) is 3.72. The molecule has 0 saturated carbocycles. The molecule has 1 atom stereocenters. The van der Waals surface area contributed by atoms with Crippen LogP contribution in [0.1, 0.15) is 49.6 Å². The quantitative estimate of drug-likeness (QED) is 0.450. The molecule has 0 spiro atoms. The number of fused-ring (bicyclic) bond motifs is 1. The standard InChI is InChI=1S/C28H39N3O4S/c1-21(2)18-27(32)30(16-15-29-12-6-7-13-29)19-28(33)31-14-10-26-22(11-17-36-26)23(31)20-35-25-9-5-4-8-24(25)34-3/h4-5,8-9,11,17,21,23H,6-7,10,12-16,18-20H2,1-3H3. The van der Waals surface area contributed by atoms with E-state index in [4.69, 9.17) is 9.47 Å². The molecule has 1 saturated heterocycles. The monoisotopic (exact) mass is 513 g/mol. The van der Waals surface area contributed by atoms with Crippen LogP contribution in [0.4, 0.5) is 0 Å². The lowest BCUT2D eigenvalue weighted by Gasteiger charge is -2.37. The SMILES string of the molecule is COc1ccccc1OCC1c2ccsc2CCN1C(=O)CN(CCN1CCCC1)C(=O)CC(C)C. The van der Waals surface area contributed by atoms with Crippen molar-refractivity contribution in [2.75, 3.05) is 53.0 Å². The summed E-state index contributed by atoms with van der Waals surface area (Å²) in [5.41, 5.74) is 1.15. The smallest absolute Gasteiger partial charge is 0.242 e. The van der Waals surface area contributed by atoms with Crippen molar-refractivity contribution >= 4 is 23.2 Å². The molecule has 8 heteroatoms. The van der Waals surface area contributed by atoms with Crippen LogP contribution in [0.5, 0.6) is 11.5 Å². The minimum Gasteiger partial charge on any atom is -0.493 e. The summed E-state index contributed by atoms with van der Waals surface area (Å²) in [6.45, 7) is 8.76. The summed E-state index contributed by atoms with van der Waals surface area (Å²) < 4.78 is 11.6. The first-order chi connectivity index (χ1) is 17.5. The van der Waals surface area contributed by atoms with Gasteiger partial charge in [-0.05, 0) is 67.4 Å². The second kappa shape index (κ2) is 12.6. The van der Waals surface area contributed by atoms with Crippen molar-refractivity contribution in [3.8, 4) is 11.5 Å². The van der Waals surface area contributed by atoms with Crippen molar-refractivity contribution in [2.24, 2.45) is 5.92 Å². The third-order valence-corrected chi connectivity index (χ3v) is 8.02. The van der Waals surface area contributed by atoms with E-state index in [0.717, 1.165) is 31.6 Å². The first-order valence-electron chi connectivity index (χ1n) is 13.1. The Bertz CT molecular complexity index is 1020. The van der Waals surface area contributed by atoms with E-state index in [9.17, 15) is 9.59 Å². The molecular weight excluding hydrogens is 474 g/mol. The van der Waals surface area contributed by atoms with Crippen molar-refractivity contribution in [1.82, 2.24) is 14.7 Å². The molecule has 0 bridgehead atoms. The third kappa shape index (κ3) is 6.59. The Morgan fingerprint density at radius 2 is 1.86 bits per heavy atom. The lowest BCUT2D eigenvalue weighted by atomic mass is 10.00. The van der Waals surface area contributed by atoms with E-state index >= 15 is 0 Å². The maximum absolute atomic E-state index is 13.7. The molecule has 36 heavy (non-hydrogen) atoms. The summed E-state index contributed by atoms with van der Waals surface area (Å²) in [5, 5.41) is 2.09. The highest BCUT2D eigenvalue weighted by molar-refractivity contribution is 7.10. The molecule has 2 aliphatic rings. The lowest BCUT2D eigenvalue weighted by molar-refractivity contribution is -0.143. The van der Waals surface area contributed by atoms with Crippen LogP contribution in [0, 0.1) is 5.92 Å². The summed E-state index contributed by atoms with van der Waals surface area (Å²) in [7, 11) is 1.63. The van der Waals surface area contributed by atoms with Gasteiger partial charge in [0.15, 0.2) is 11.5 Å². The molecule has 3 heterocycles. The number of benzene rings is 1. The van der Waals surface area contributed by atoms with Gasteiger partial charge in [-0.25, -0.2) is 0 Å². The number of ether oxygens (including phenoxy) is 2. The molecule has 1 fully saturated rings. The van der Waals surface area contributed by atoms with E-state index in [-0.39, 0.29) is 30.3 Å². The molecule has 1 aromatic heterocycles. The highest BCUT2D eigenvalue weighted by Gasteiger charge is 2.34. The highest BCUT2D eigenvalue weighted by Crippen LogP contribution is 2.35. The highest BCUT2D eigenvalue weighted by atomic mass is 32.1. The first kappa shape index (κ1) is 26.5. The van der Waals surface area contributed by atoms with Gasteiger partial charge >= 0.3 is 0 Å². The number of nitrogens with zero attached hydrogens (tertiary/aromatic N) is 3. The molecule has 2 aromatic rings. The number of rotatable bonds is 11. The Kier molecular flexibility index (Phi) is 9.26. The average molecular weight is 514 g/mol. The number of amides is 2. The maximum Gasteiger partial charge on any atom is 0.242 e. The zero-order chi connectivity index (χ0) is 25.5. The van der Waals surface area contributed by atoms with Crippen molar-refractivity contribution in [1.29, 1.82) is 0 Å². The molecule has 196 valence electrons. The van der Waals surface area contributed by atoms with E-state index in [1.165, 1.54) is 17.7 Å². The molecule has 0 aliphatic carbocycles. The molecule has 2 amide bonds. The fourth-order valence-corrected chi connectivity index (χ4v) is 6.00. The average Bonchev–Trinajstić information content (AvgIpc) is 3.56. The van der Waals surface area contributed by atoms with Crippen LogP contribution in [0.2, 0.25) is 0 Å². The van der Waals surface area contributed by atoms with Crippen LogP contribution in [-0.2, 0) is 16.0 Å². The van der Waals surface area contributed by atoms with E-state index in [0.29, 0.717) is 37.6 Å². The normalized spacial score (nSPS) is 17.8. The summed E-state index contributed by atoms with van der Waals surface area (Å²) in [5.74, 6) is 1.64. The topological polar surface area (TPSA) is 62.3 Å². The number of methoxy groups -OCH3 is 1. The van der Waals surface area contributed by atoms with E-state index in [1.807, 2.05) is 43.0 Å². The number of likely N-dealkylation sites (tertiary alicyclic amines) is 1. The van der Waals surface area contributed by atoms with Gasteiger partial charge in [-0.1, -0.05) is 26.0 Å². The molecule has 0 N–H and O–H groups in total. The largest absolute Gasteiger partial charge is 0.493 e. The molecule has 1 unspecified atom stereocenters. The van der Waals surface area contributed by atoms with Gasteiger partial charge in [0, 0.05) is 30.9 Å². The molecular formula is C28H39N3O4S. The van der Waals surface area contributed by atoms with Gasteiger partial charge in [-0.3, -0.25) is 9.59 Å². The maximum atomic E-state index is 13.7. The van der Waals surface area contributed by atoms with E-state index < -0.39 is 0 Å². The van der Waals surface area contributed by atoms with Gasteiger partial charge < -0.3 is 24.2 Å². The van der Waals surface area contributed by atoms with Gasteiger partial charge in [0.1, 0.15) is 6.61 Å². The third-order valence-electron chi connectivity index (χ3n) is 7.03. The Morgan fingerprint density at radius 3 is 2.58 bits per heavy atom. The van der Waals surface area contributed by atoms with Gasteiger partial charge in [-0.15, -0.1) is 11.3 Å². The van der Waals surface area contributed by atoms with E-state index in [2.05, 4.69) is 16.3 Å². The molecule has 1 aromatic carbocycles. The van der Waals surface area contributed by atoms with Gasteiger partial charge in [-0.2, -0.15) is 0 Å². The number of hydrogen-bond acceptors (Lipinski definition) is 6. The fourth-order valence-electron chi connectivity index (χ4n) is 5.07. The van der Waals surface area contributed by atoms with Crippen LogP contribution in [0.3, 0.4) is 0 Å². The number of hydrogen-bond donors (Lipinski definition) is 0. The number of carbonyl (C=O) groups is 2. The fraction of sp³-hybridized carbons (Fsp3) is 0.571. The van der Waals surface area contributed by atoms with Gasteiger partial charge in [0.05, 0.1) is 19.7 Å².